The molecule has 4 nitrogen and oxygen atoms in total. The van der Waals surface area contributed by atoms with E-state index in [1.54, 1.807) is 0 Å². The molecule has 1 saturated carbocycles. The van der Waals surface area contributed by atoms with Crippen molar-refractivity contribution < 1.29 is 0 Å². The topological polar surface area (TPSA) is 47.1 Å². The maximum absolute atomic E-state index is 6.70. The molecule has 1 unspecified atom stereocenters. The molecule has 1 atom stereocenters. The predicted molar refractivity (Wildman–Crippen MR) is 88.8 cm³/mol. The molecule has 5 heteroatoms. The van der Waals surface area contributed by atoms with E-state index in [0.29, 0.717) is 0 Å². The average Bonchev–Trinajstić information content (AvgIpc) is 3.03. The van der Waals surface area contributed by atoms with E-state index in [0.717, 1.165) is 35.9 Å². The fraction of sp³-hybridized carbons (Fsp3) is 0.812. The van der Waals surface area contributed by atoms with Crippen LogP contribution >= 0.6 is 11.6 Å². The van der Waals surface area contributed by atoms with Gasteiger partial charge in [-0.15, -0.1) is 0 Å². The number of halogens is 1. The molecule has 1 aliphatic carbocycles. The molecule has 0 radical (unpaired) electrons. The highest BCUT2D eigenvalue weighted by atomic mass is 35.5. The smallest absolute Gasteiger partial charge is 0.0847 e. The summed E-state index contributed by atoms with van der Waals surface area (Å²) in [6.45, 7) is 8.53. The second-order valence-corrected chi connectivity index (χ2v) is 6.64. The van der Waals surface area contributed by atoms with Gasteiger partial charge >= 0.3 is 0 Å². The number of nitrogens with zero attached hydrogens (tertiary/aromatic N) is 3. The first-order valence-corrected chi connectivity index (χ1v) is 8.52. The van der Waals surface area contributed by atoms with Gasteiger partial charge < -0.3 is 5.73 Å². The van der Waals surface area contributed by atoms with Crippen LogP contribution in [0.25, 0.3) is 0 Å². The van der Waals surface area contributed by atoms with E-state index in [-0.39, 0.29) is 11.6 Å². The minimum atomic E-state index is 0.104. The maximum atomic E-state index is 6.70. The summed E-state index contributed by atoms with van der Waals surface area (Å²) >= 11 is 6.41. The summed E-state index contributed by atoms with van der Waals surface area (Å²) in [5, 5.41) is 5.19. The van der Waals surface area contributed by atoms with Gasteiger partial charge in [0.2, 0.25) is 0 Å². The van der Waals surface area contributed by atoms with Gasteiger partial charge in [0.15, 0.2) is 0 Å². The lowest BCUT2D eigenvalue weighted by molar-refractivity contribution is 0.0765. The first-order chi connectivity index (χ1) is 9.96. The highest BCUT2D eigenvalue weighted by Crippen LogP contribution is 2.39. The number of rotatable bonds is 6. The highest BCUT2D eigenvalue weighted by Gasteiger charge is 2.43. The van der Waals surface area contributed by atoms with Crippen LogP contribution in [0.15, 0.2) is 0 Å². The number of nitrogens with two attached hydrogens (primary N) is 1. The SMILES string of the molecule is CCN(CC)C1(C(N)Cc2c(Cl)c(C)nn2C)CCCC1. The molecule has 2 rings (SSSR count). The number of hydrogen-bond acceptors (Lipinski definition) is 3. The molecule has 2 N–H and O–H groups in total. The van der Waals surface area contributed by atoms with Crippen molar-refractivity contribution in [1.29, 1.82) is 0 Å². The van der Waals surface area contributed by atoms with Crippen molar-refractivity contribution in [3.05, 3.63) is 16.4 Å². The lowest BCUT2D eigenvalue weighted by Crippen LogP contribution is -2.59. The fourth-order valence-corrected chi connectivity index (χ4v) is 4.30. The molecule has 0 aliphatic heterocycles. The van der Waals surface area contributed by atoms with Gasteiger partial charge in [0.1, 0.15) is 0 Å². The second-order valence-electron chi connectivity index (χ2n) is 6.26. The number of aryl methyl sites for hydroxylation is 2. The third kappa shape index (κ3) is 2.99. The Morgan fingerprint density at radius 3 is 2.33 bits per heavy atom. The van der Waals surface area contributed by atoms with Gasteiger partial charge in [0, 0.05) is 25.0 Å². The van der Waals surface area contributed by atoms with Gasteiger partial charge in [-0.05, 0) is 32.9 Å². The van der Waals surface area contributed by atoms with Crippen molar-refractivity contribution in [1.82, 2.24) is 14.7 Å². The summed E-state index contributed by atoms with van der Waals surface area (Å²) < 4.78 is 1.89. The zero-order valence-electron chi connectivity index (χ0n) is 13.8. The van der Waals surface area contributed by atoms with Gasteiger partial charge in [-0.3, -0.25) is 9.58 Å². The number of aromatic nitrogens is 2. The summed E-state index contributed by atoms with van der Waals surface area (Å²) in [7, 11) is 1.96. The van der Waals surface area contributed by atoms with E-state index < -0.39 is 0 Å². The second kappa shape index (κ2) is 6.67. The molecule has 0 spiro atoms. The van der Waals surface area contributed by atoms with E-state index in [9.17, 15) is 0 Å². The van der Waals surface area contributed by atoms with Gasteiger partial charge in [0.05, 0.1) is 16.4 Å². The molecule has 1 aromatic rings. The lowest BCUT2D eigenvalue weighted by atomic mass is 9.83. The zero-order valence-corrected chi connectivity index (χ0v) is 14.6. The van der Waals surface area contributed by atoms with Crippen LogP contribution in [0.4, 0.5) is 0 Å². The molecule has 21 heavy (non-hydrogen) atoms. The minimum Gasteiger partial charge on any atom is -0.326 e. The molecule has 1 fully saturated rings. The molecule has 0 saturated heterocycles. The fourth-order valence-electron chi connectivity index (χ4n) is 4.06. The lowest BCUT2D eigenvalue weighted by Gasteiger charge is -2.45. The molecule has 1 heterocycles. The van der Waals surface area contributed by atoms with Gasteiger partial charge in [-0.1, -0.05) is 38.3 Å². The predicted octanol–water partition coefficient (Wildman–Crippen LogP) is 2.91. The highest BCUT2D eigenvalue weighted by molar-refractivity contribution is 6.31. The maximum Gasteiger partial charge on any atom is 0.0847 e. The molecule has 120 valence electrons. The van der Waals surface area contributed by atoms with E-state index >= 15 is 0 Å². The van der Waals surface area contributed by atoms with Crippen molar-refractivity contribution in [2.24, 2.45) is 12.8 Å². The summed E-state index contributed by atoms with van der Waals surface area (Å²) in [6, 6.07) is 0.104. The van der Waals surface area contributed by atoms with Crippen LogP contribution in [0.2, 0.25) is 5.02 Å². The third-order valence-electron chi connectivity index (χ3n) is 5.23. The summed E-state index contributed by atoms with van der Waals surface area (Å²) in [5.74, 6) is 0. The Balaban J connectivity index is 2.25. The van der Waals surface area contributed by atoms with Crippen molar-refractivity contribution in [3.8, 4) is 0 Å². The Hall–Kier alpha value is -0.580. The van der Waals surface area contributed by atoms with Crippen LogP contribution in [0, 0.1) is 6.92 Å². The van der Waals surface area contributed by atoms with Crippen LogP contribution in [-0.2, 0) is 13.5 Å². The Bertz CT molecular complexity index is 473. The Labute approximate surface area is 133 Å². The van der Waals surface area contributed by atoms with Crippen LogP contribution in [0.1, 0.15) is 50.9 Å². The van der Waals surface area contributed by atoms with Gasteiger partial charge in [-0.2, -0.15) is 5.10 Å². The largest absolute Gasteiger partial charge is 0.326 e. The van der Waals surface area contributed by atoms with E-state index in [1.807, 2.05) is 18.7 Å². The summed E-state index contributed by atoms with van der Waals surface area (Å²) in [4.78, 5) is 2.56. The first-order valence-electron chi connectivity index (χ1n) is 8.14. The normalized spacial score (nSPS) is 19.4. The quantitative estimate of drug-likeness (QED) is 0.878. The van der Waals surface area contributed by atoms with Gasteiger partial charge in [-0.25, -0.2) is 0 Å². The summed E-state index contributed by atoms with van der Waals surface area (Å²) in [6.07, 6.45) is 5.76. The Morgan fingerprint density at radius 1 is 1.33 bits per heavy atom. The van der Waals surface area contributed by atoms with E-state index in [2.05, 4.69) is 23.8 Å². The molecule has 1 aliphatic rings. The molecular formula is C16H29ClN4. The van der Waals surface area contributed by atoms with Gasteiger partial charge in [0.25, 0.3) is 0 Å². The van der Waals surface area contributed by atoms with Crippen molar-refractivity contribution in [3.63, 3.8) is 0 Å². The van der Waals surface area contributed by atoms with Crippen LogP contribution in [0.3, 0.4) is 0 Å². The standard InChI is InChI=1S/C16H29ClN4/c1-5-21(6-2)16(9-7-8-10-16)14(18)11-13-15(17)12(3)19-20(13)4/h14H,5-11,18H2,1-4H3. The molecule has 0 amide bonds. The zero-order chi connectivity index (χ0) is 15.6. The van der Waals surface area contributed by atoms with Crippen LogP contribution in [-0.4, -0.2) is 39.4 Å². The Kier molecular flexibility index (Phi) is 5.33. The minimum absolute atomic E-state index is 0.104. The first kappa shape index (κ1) is 16.8. The Morgan fingerprint density at radius 2 is 1.90 bits per heavy atom. The molecule has 0 aromatic carbocycles. The van der Waals surface area contributed by atoms with Crippen molar-refractivity contribution in [2.75, 3.05) is 13.1 Å². The molecular weight excluding hydrogens is 284 g/mol. The van der Waals surface area contributed by atoms with E-state index in [4.69, 9.17) is 17.3 Å². The van der Waals surface area contributed by atoms with Crippen LogP contribution in [0.5, 0.6) is 0 Å². The van der Waals surface area contributed by atoms with E-state index in [1.165, 1.54) is 25.7 Å². The number of hydrogen-bond donors (Lipinski definition) is 1. The van der Waals surface area contributed by atoms with Crippen molar-refractivity contribution >= 4 is 11.6 Å². The van der Waals surface area contributed by atoms with Crippen molar-refractivity contribution in [2.45, 2.75) is 64.5 Å². The third-order valence-corrected chi connectivity index (χ3v) is 5.72. The molecule has 1 aromatic heterocycles. The average molecular weight is 313 g/mol. The van der Waals surface area contributed by atoms with Crippen LogP contribution < -0.4 is 5.73 Å². The monoisotopic (exact) mass is 312 g/mol. The summed E-state index contributed by atoms with van der Waals surface area (Å²) in [5.41, 5.74) is 8.80. The molecule has 0 bridgehead atoms. The number of likely N-dealkylation sites (N-methyl/N-ethyl adjacent to an activating group) is 1.